The molecule has 9 heteroatoms. The number of amides is 1. The van der Waals surface area contributed by atoms with E-state index in [1.54, 1.807) is 6.07 Å². The van der Waals surface area contributed by atoms with Gasteiger partial charge in [-0.3, -0.25) is 4.79 Å². The zero-order valence-electron chi connectivity index (χ0n) is 10.7. The van der Waals surface area contributed by atoms with Crippen molar-refractivity contribution in [2.24, 2.45) is 0 Å². The molecule has 1 saturated heterocycles. The van der Waals surface area contributed by atoms with Crippen LogP contribution in [0.4, 0.5) is 3.89 Å². The molecular weight excluding hydrogens is 289 g/mol. The van der Waals surface area contributed by atoms with Gasteiger partial charge < -0.3 is 9.42 Å². The summed E-state index contributed by atoms with van der Waals surface area (Å²) in [6.45, 7) is 0.186. The average Bonchev–Trinajstić information content (AvgIpc) is 3.15. The molecule has 1 aliphatic carbocycles. The van der Waals surface area contributed by atoms with Crippen molar-refractivity contribution in [3.8, 4) is 0 Å². The fourth-order valence-corrected chi connectivity index (χ4v) is 2.83. The summed E-state index contributed by atoms with van der Waals surface area (Å²) in [6.07, 6.45) is 2.13. The van der Waals surface area contributed by atoms with E-state index >= 15 is 0 Å². The maximum Gasteiger partial charge on any atom is 0.374 e. The Morgan fingerprint density at radius 2 is 1.95 bits per heavy atom. The van der Waals surface area contributed by atoms with Crippen molar-refractivity contribution in [2.75, 3.05) is 26.2 Å². The van der Waals surface area contributed by atoms with Crippen LogP contribution in [0.2, 0.25) is 0 Å². The maximum absolute atomic E-state index is 12.8. The van der Waals surface area contributed by atoms with Gasteiger partial charge in [-0.15, -0.1) is 0 Å². The molecule has 1 saturated carbocycles. The lowest BCUT2D eigenvalue weighted by Crippen LogP contribution is -2.49. The lowest BCUT2D eigenvalue weighted by Gasteiger charge is -2.31. The highest BCUT2D eigenvalue weighted by Crippen LogP contribution is 2.39. The van der Waals surface area contributed by atoms with Gasteiger partial charge in [0.05, 0.1) is 5.69 Å². The average molecular weight is 303 g/mol. The van der Waals surface area contributed by atoms with Gasteiger partial charge in [0.2, 0.25) is 5.76 Å². The molecule has 0 N–H and O–H groups in total. The third-order valence-electron chi connectivity index (χ3n) is 3.57. The molecule has 20 heavy (non-hydrogen) atoms. The van der Waals surface area contributed by atoms with Crippen LogP contribution in [0, 0.1) is 0 Å². The number of hydrogen-bond donors (Lipinski definition) is 0. The van der Waals surface area contributed by atoms with E-state index in [0.717, 1.165) is 18.5 Å². The number of carbonyl (C=O) groups is 1. The maximum atomic E-state index is 12.8. The first kappa shape index (κ1) is 13.5. The standard InChI is InChI=1S/C11H14FN3O4S/c12-20(17,18)15-5-3-14(4-6-15)11(16)10-7-9(13-19-10)8-1-2-8/h7-8H,1-6H2. The van der Waals surface area contributed by atoms with Crippen LogP contribution < -0.4 is 0 Å². The van der Waals surface area contributed by atoms with Crippen molar-refractivity contribution >= 4 is 16.3 Å². The second-order valence-corrected chi connectivity index (χ2v) is 6.36. The predicted molar refractivity (Wildman–Crippen MR) is 66.0 cm³/mol. The number of nitrogens with zero attached hydrogens (tertiary/aromatic N) is 3. The van der Waals surface area contributed by atoms with Crippen molar-refractivity contribution in [2.45, 2.75) is 18.8 Å². The summed E-state index contributed by atoms with van der Waals surface area (Å²) >= 11 is 0. The van der Waals surface area contributed by atoms with E-state index in [0.29, 0.717) is 10.2 Å². The van der Waals surface area contributed by atoms with Gasteiger partial charge >= 0.3 is 10.4 Å². The van der Waals surface area contributed by atoms with Crippen LogP contribution in [0.5, 0.6) is 0 Å². The first-order chi connectivity index (χ1) is 9.45. The first-order valence-electron chi connectivity index (χ1n) is 6.41. The van der Waals surface area contributed by atoms with E-state index in [1.807, 2.05) is 0 Å². The molecule has 1 aromatic heterocycles. The normalized spacial score (nSPS) is 21.1. The minimum atomic E-state index is -4.68. The first-order valence-corrected chi connectivity index (χ1v) is 7.75. The molecule has 2 fully saturated rings. The third-order valence-corrected chi connectivity index (χ3v) is 4.55. The summed E-state index contributed by atoms with van der Waals surface area (Å²) in [4.78, 5) is 13.6. The fraction of sp³-hybridized carbons (Fsp3) is 0.636. The summed E-state index contributed by atoms with van der Waals surface area (Å²) < 4.78 is 40.0. The Morgan fingerprint density at radius 3 is 2.50 bits per heavy atom. The molecule has 0 unspecified atom stereocenters. The second kappa shape index (κ2) is 4.81. The highest BCUT2D eigenvalue weighted by Gasteiger charge is 2.32. The third kappa shape index (κ3) is 2.68. The number of hydrogen-bond acceptors (Lipinski definition) is 5. The van der Waals surface area contributed by atoms with Gasteiger partial charge in [0, 0.05) is 38.2 Å². The molecule has 0 spiro atoms. The summed E-state index contributed by atoms with van der Waals surface area (Å²) in [5.74, 6) is 0.220. The van der Waals surface area contributed by atoms with Gasteiger partial charge in [0.15, 0.2) is 0 Å². The quantitative estimate of drug-likeness (QED) is 0.760. The summed E-state index contributed by atoms with van der Waals surface area (Å²) in [5.41, 5.74) is 0.790. The molecule has 0 aromatic carbocycles. The van der Waals surface area contributed by atoms with Crippen molar-refractivity contribution in [1.29, 1.82) is 0 Å². The molecule has 3 rings (SSSR count). The van der Waals surface area contributed by atoms with Crippen LogP contribution in [-0.2, 0) is 10.4 Å². The van der Waals surface area contributed by atoms with Crippen molar-refractivity contribution in [1.82, 2.24) is 14.4 Å². The topological polar surface area (TPSA) is 83.7 Å². The van der Waals surface area contributed by atoms with Crippen LogP contribution in [-0.4, -0.2) is 54.9 Å². The van der Waals surface area contributed by atoms with Gasteiger partial charge in [-0.05, 0) is 12.8 Å². The lowest BCUT2D eigenvalue weighted by molar-refractivity contribution is 0.0653. The van der Waals surface area contributed by atoms with Gasteiger partial charge in [0.1, 0.15) is 0 Å². The molecule has 2 aliphatic rings. The molecule has 2 heterocycles. The van der Waals surface area contributed by atoms with Crippen LogP contribution >= 0.6 is 0 Å². The number of rotatable bonds is 3. The Labute approximate surface area is 115 Å². The fourth-order valence-electron chi connectivity index (χ4n) is 2.23. The number of aromatic nitrogens is 1. The molecule has 1 aliphatic heterocycles. The van der Waals surface area contributed by atoms with E-state index < -0.39 is 10.4 Å². The van der Waals surface area contributed by atoms with Crippen molar-refractivity contribution in [3.05, 3.63) is 17.5 Å². The molecular formula is C11H14FN3O4S. The van der Waals surface area contributed by atoms with Crippen LogP contribution in [0.25, 0.3) is 0 Å². The zero-order chi connectivity index (χ0) is 14.3. The van der Waals surface area contributed by atoms with E-state index in [4.69, 9.17) is 4.52 Å². The largest absolute Gasteiger partial charge is 0.374 e. The summed E-state index contributed by atoms with van der Waals surface area (Å²) in [6, 6.07) is 1.64. The van der Waals surface area contributed by atoms with E-state index in [1.165, 1.54) is 4.90 Å². The molecule has 0 radical (unpaired) electrons. The monoisotopic (exact) mass is 303 g/mol. The van der Waals surface area contributed by atoms with Gasteiger partial charge in [-0.1, -0.05) is 9.04 Å². The smallest absolute Gasteiger partial charge is 0.351 e. The number of halogens is 1. The predicted octanol–water partition coefficient (Wildman–Crippen LogP) is 0.524. The minimum Gasteiger partial charge on any atom is -0.351 e. The SMILES string of the molecule is O=C(c1cc(C2CC2)no1)N1CCN(S(=O)(=O)F)CC1. The molecule has 0 atom stereocenters. The Balaban J connectivity index is 1.63. The highest BCUT2D eigenvalue weighted by atomic mass is 32.3. The Bertz CT molecular complexity index is 617. The summed E-state index contributed by atoms with van der Waals surface area (Å²) in [7, 11) is -4.68. The zero-order valence-corrected chi connectivity index (χ0v) is 11.5. The highest BCUT2D eigenvalue weighted by molar-refractivity contribution is 7.83. The minimum absolute atomic E-state index is 0.0474. The Morgan fingerprint density at radius 1 is 1.30 bits per heavy atom. The summed E-state index contributed by atoms with van der Waals surface area (Å²) in [5, 5.41) is 3.86. The Kier molecular flexibility index (Phi) is 3.25. The van der Waals surface area contributed by atoms with Gasteiger partial charge in [-0.25, -0.2) is 0 Å². The molecule has 1 aromatic rings. The van der Waals surface area contributed by atoms with Crippen molar-refractivity contribution < 1.29 is 21.6 Å². The van der Waals surface area contributed by atoms with E-state index in [-0.39, 0.29) is 37.8 Å². The van der Waals surface area contributed by atoms with E-state index in [2.05, 4.69) is 5.16 Å². The Hall–Kier alpha value is -1.48. The van der Waals surface area contributed by atoms with Crippen LogP contribution in [0.1, 0.15) is 35.0 Å². The van der Waals surface area contributed by atoms with Crippen LogP contribution in [0.3, 0.4) is 0 Å². The number of piperazine rings is 1. The second-order valence-electron chi connectivity index (χ2n) is 5.02. The number of carbonyl (C=O) groups excluding carboxylic acids is 1. The van der Waals surface area contributed by atoms with Gasteiger partial charge in [-0.2, -0.15) is 12.7 Å². The molecule has 7 nitrogen and oxygen atoms in total. The van der Waals surface area contributed by atoms with Crippen molar-refractivity contribution in [3.63, 3.8) is 0 Å². The lowest BCUT2D eigenvalue weighted by atomic mass is 10.2. The molecule has 1 amide bonds. The molecule has 110 valence electrons. The van der Waals surface area contributed by atoms with Crippen LogP contribution in [0.15, 0.2) is 10.6 Å². The molecule has 0 bridgehead atoms. The van der Waals surface area contributed by atoms with Gasteiger partial charge in [0.25, 0.3) is 5.91 Å². The van der Waals surface area contributed by atoms with E-state index in [9.17, 15) is 17.1 Å².